The molecule has 12 nitrogen and oxygen atoms in total. The summed E-state index contributed by atoms with van der Waals surface area (Å²) in [7, 11) is 1.31. The summed E-state index contributed by atoms with van der Waals surface area (Å²) in [6, 6.07) is 14.1. The van der Waals surface area contributed by atoms with Gasteiger partial charge in [0.05, 0.1) is 36.8 Å². The number of methoxy groups -OCH3 is 1. The number of imidazole rings is 1. The van der Waals surface area contributed by atoms with Gasteiger partial charge in [0.1, 0.15) is 29.8 Å². The number of aromatic nitrogens is 2. The van der Waals surface area contributed by atoms with E-state index in [0.29, 0.717) is 13.0 Å². The van der Waals surface area contributed by atoms with Crippen molar-refractivity contribution < 1.29 is 28.6 Å². The van der Waals surface area contributed by atoms with Crippen LogP contribution in [0.3, 0.4) is 0 Å². The van der Waals surface area contributed by atoms with Gasteiger partial charge in [-0.25, -0.2) is 14.6 Å². The number of ether oxygens (including phenoxy) is 3. The lowest BCUT2D eigenvalue weighted by Crippen LogP contribution is -2.55. The lowest BCUT2D eigenvalue weighted by molar-refractivity contribution is -0.136. The molecule has 4 aromatic rings. The number of likely N-dealkylation sites (tertiary alicyclic amines) is 2. The Morgan fingerprint density at radius 3 is 2.43 bits per heavy atom. The minimum Gasteiger partial charge on any atom is -0.488 e. The maximum Gasteiger partial charge on any atom is 0.411 e. The zero-order chi connectivity index (χ0) is 39.6. The number of aliphatic imine (C=N–C) groups is 1. The summed E-state index contributed by atoms with van der Waals surface area (Å²) in [6.45, 7) is 14.1. The highest BCUT2D eigenvalue weighted by Crippen LogP contribution is 2.45. The van der Waals surface area contributed by atoms with Crippen molar-refractivity contribution in [3.63, 3.8) is 0 Å². The second kappa shape index (κ2) is 14.3. The van der Waals surface area contributed by atoms with Crippen molar-refractivity contribution in [2.75, 3.05) is 7.11 Å². The molecule has 3 amide bonds. The number of hydrogen-bond acceptors (Lipinski definition) is 8. The van der Waals surface area contributed by atoms with E-state index in [1.807, 2.05) is 50.6 Å². The number of carbonyl (C=O) groups is 3. The van der Waals surface area contributed by atoms with Crippen LogP contribution in [0.15, 0.2) is 53.7 Å². The van der Waals surface area contributed by atoms with Crippen LogP contribution in [-0.4, -0.2) is 80.5 Å². The average Bonchev–Trinajstić information content (AvgIpc) is 3.97. The van der Waals surface area contributed by atoms with Crippen LogP contribution in [-0.2, 0) is 27.3 Å². The summed E-state index contributed by atoms with van der Waals surface area (Å²) < 4.78 is 17.0. The van der Waals surface area contributed by atoms with Crippen molar-refractivity contribution >= 4 is 40.3 Å². The molecule has 0 bridgehead atoms. The van der Waals surface area contributed by atoms with Gasteiger partial charge >= 0.3 is 12.2 Å². The molecule has 2 N–H and O–H groups in total. The van der Waals surface area contributed by atoms with E-state index in [-0.39, 0.29) is 42.1 Å². The molecule has 1 aromatic heterocycles. The van der Waals surface area contributed by atoms with E-state index in [1.54, 1.807) is 0 Å². The normalized spacial score (nSPS) is 22.0. The lowest BCUT2D eigenvalue weighted by atomic mass is 9.90. The van der Waals surface area contributed by atoms with Gasteiger partial charge in [0, 0.05) is 29.8 Å². The molecule has 56 heavy (non-hydrogen) atoms. The number of alkyl carbamates (subject to hydrolysis) is 1. The van der Waals surface area contributed by atoms with E-state index in [0.717, 1.165) is 92.9 Å². The van der Waals surface area contributed by atoms with Gasteiger partial charge in [-0.05, 0) is 124 Å². The van der Waals surface area contributed by atoms with E-state index in [4.69, 9.17) is 24.2 Å². The number of H-pyrrole nitrogens is 1. The second-order valence-corrected chi connectivity index (χ2v) is 17.1. The van der Waals surface area contributed by atoms with E-state index in [1.165, 1.54) is 7.11 Å². The molecule has 0 radical (unpaired) electrons. The summed E-state index contributed by atoms with van der Waals surface area (Å²) in [5.74, 6) is 1.39. The predicted molar refractivity (Wildman–Crippen MR) is 215 cm³/mol. The molecule has 5 atom stereocenters. The van der Waals surface area contributed by atoms with Crippen molar-refractivity contribution in [1.29, 1.82) is 0 Å². The molecule has 0 aliphatic carbocycles. The number of amides is 3. The predicted octanol–water partition coefficient (Wildman–Crippen LogP) is 8.64. The number of rotatable bonds is 6. The van der Waals surface area contributed by atoms with Crippen LogP contribution in [0.25, 0.3) is 33.2 Å². The summed E-state index contributed by atoms with van der Waals surface area (Å²) in [4.78, 5) is 56.3. The minimum atomic E-state index is -0.687. The first kappa shape index (κ1) is 37.5. The molecule has 294 valence electrons. The number of benzene rings is 3. The van der Waals surface area contributed by atoms with Crippen molar-refractivity contribution in [2.45, 2.75) is 123 Å². The number of hydrogen-bond donors (Lipinski definition) is 2. The van der Waals surface area contributed by atoms with E-state index in [9.17, 15) is 14.4 Å². The standard InChI is InChI=1S/C44H52N6O6/c1-23(2)39(48-42(52)54-8)41(51)49-24(3)9-15-36(49)34-19-31-30-20-38-32(18-26(30)12-14-33(31)46-34)29-13-11-27(17-28(29)22-55-38)35-21-45-40(47-35)37-16-10-25(4)50(37)43(53)56-44(5,6)7/h11-14,17-18,20-21,23-25,36-37,39H,9-10,15-16,19,22H2,1-8H3,(H,45,47)(H,48,52)/t24-,25-,36-,37-,39-/m0/s1. The van der Waals surface area contributed by atoms with Gasteiger partial charge in [-0.15, -0.1) is 0 Å². The van der Waals surface area contributed by atoms with Crippen LogP contribution in [0.2, 0.25) is 0 Å². The van der Waals surface area contributed by atoms with Crippen LogP contribution in [0, 0.1) is 5.92 Å². The second-order valence-electron chi connectivity index (χ2n) is 17.1. The summed E-state index contributed by atoms with van der Waals surface area (Å²) >= 11 is 0. The molecule has 0 unspecified atom stereocenters. The molecule has 3 aromatic carbocycles. The Balaban J connectivity index is 1.02. The molecule has 5 heterocycles. The fourth-order valence-electron chi connectivity index (χ4n) is 8.96. The number of nitrogens with zero attached hydrogens (tertiary/aromatic N) is 4. The summed E-state index contributed by atoms with van der Waals surface area (Å²) in [5.41, 5.74) is 7.62. The minimum absolute atomic E-state index is 0.0262. The van der Waals surface area contributed by atoms with E-state index < -0.39 is 17.7 Å². The third-order valence-electron chi connectivity index (χ3n) is 11.8. The first-order valence-corrected chi connectivity index (χ1v) is 19.9. The van der Waals surface area contributed by atoms with Crippen molar-refractivity contribution in [1.82, 2.24) is 25.1 Å². The third-order valence-corrected chi connectivity index (χ3v) is 11.8. The highest BCUT2D eigenvalue weighted by molar-refractivity contribution is 6.06. The summed E-state index contributed by atoms with van der Waals surface area (Å²) in [5, 5.41) is 4.96. The molecule has 12 heteroatoms. The van der Waals surface area contributed by atoms with Crippen LogP contribution >= 0.6 is 0 Å². The Kier molecular flexibility index (Phi) is 9.57. The van der Waals surface area contributed by atoms with Crippen molar-refractivity contribution in [3.8, 4) is 28.1 Å². The maximum absolute atomic E-state index is 14.0. The Labute approximate surface area is 328 Å². The molecule has 4 aliphatic heterocycles. The van der Waals surface area contributed by atoms with Gasteiger partial charge in [0.25, 0.3) is 0 Å². The molecular weight excluding hydrogens is 709 g/mol. The van der Waals surface area contributed by atoms with Gasteiger partial charge in [0.15, 0.2) is 0 Å². The van der Waals surface area contributed by atoms with Crippen LogP contribution in [0.1, 0.15) is 97.1 Å². The lowest BCUT2D eigenvalue weighted by Gasteiger charge is -2.33. The monoisotopic (exact) mass is 760 g/mol. The van der Waals surface area contributed by atoms with Gasteiger partial charge in [-0.3, -0.25) is 14.7 Å². The van der Waals surface area contributed by atoms with Gasteiger partial charge in [-0.1, -0.05) is 32.0 Å². The molecule has 8 rings (SSSR count). The van der Waals surface area contributed by atoms with Crippen LogP contribution < -0.4 is 10.1 Å². The zero-order valence-corrected chi connectivity index (χ0v) is 33.6. The zero-order valence-electron chi connectivity index (χ0n) is 33.6. The first-order chi connectivity index (χ1) is 26.7. The van der Waals surface area contributed by atoms with Crippen LogP contribution in [0.5, 0.6) is 5.75 Å². The number of fused-ring (bicyclic) bond motifs is 6. The van der Waals surface area contributed by atoms with Crippen molar-refractivity contribution in [3.05, 3.63) is 65.6 Å². The topological polar surface area (TPSA) is 138 Å². The smallest absolute Gasteiger partial charge is 0.411 e. The number of aromatic amines is 1. The summed E-state index contributed by atoms with van der Waals surface area (Å²) in [6.07, 6.45) is 4.96. The third kappa shape index (κ3) is 6.77. The Bertz CT molecular complexity index is 2250. The fraction of sp³-hybridized carbons (Fsp3) is 0.477. The van der Waals surface area contributed by atoms with E-state index in [2.05, 4.69) is 66.6 Å². The van der Waals surface area contributed by atoms with Gasteiger partial charge in [0.2, 0.25) is 5.91 Å². The molecule has 0 spiro atoms. The fourth-order valence-corrected chi connectivity index (χ4v) is 8.96. The van der Waals surface area contributed by atoms with Crippen LogP contribution in [0.4, 0.5) is 15.3 Å². The largest absolute Gasteiger partial charge is 0.488 e. The average molecular weight is 761 g/mol. The highest BCUT2D eigenvalue weighted by atomic mass is 16.6. The SMILES string of the molecule is COC(=O)N[C@H](C(=O)N1[C@@H](C)CC[C@H]1C1=Nc2ccc3cc4c(cc3c2C1)OCc1cc(-c2cnc([C@@H]3CC[C@H](C)N3C(=O)OC(C)(C)C)[nH]2)ccc1-4)C(C)C. The maximum atomic E-state index is 14.0. The molecular formula is C44H52N6O6. The quantitative estimate of drug-likeness (QED) is 0.201. The molecule has 2 fully saturated rings. The number of nitrogens with one attached hydrogen (secondary N) is 2. The Morgan fingerprint density at radius 2 is 1.70 bits per heavy atom. The highest BCUT2D eigenvalue weighted by Gasteiger charge is 2.43. The number of carbonyl (C=O) groups excluding carboxylic acids is 3. The first-order valence-electron chi connectivity index (χ1n) is 19.9. The van der Waals surface area contributed by atoms with Gasteiger partial charge < -0.3 is 29.4 Å². The van der Waals surface area contributed by atoms with Gasteiger partial charge in [-0.2, -0.15) is 0 Å². The van der Waals surface area contributed by atoms with E-state index >= 15 is 0 Å². The molecule has 0 saturated carbocycles. The molecule has 4 aliphatic rings. The van der Waals surface area contributed by atoms with Crippen molar-refractivity contribution in [2.24, 2.45) is 10.9 Å². The Morgan fingerprint density at radius 1 is 0.946 bits per heavy atom. The molecule has 2 saturated heterocycles. The Hall–Kier alpha value is -5.39.